The van der Waals surface area contributed by atoms with E-state index in [2.05, 4.69) is 4.90 Å². The van der Waals surface area contributed by atoms with E-state index in [0.717, 1.165) is 37.2 Å². The van der Waals surface area contributed by atoms with E-state index in [1.54, 1.807) is 11.6 Å². The maximum absolute atomic E-state index is 11.0. The number of piperidine rings is 1. The summed E-state index contributed by atoms with van der Waals surface area (Å²) in [6.45, 7) is 1.86. The number of anilines is 1. The number of hydroxylamine groups is 1. The molecular weight excluding hydrogens is 242 g/mol. The maximum atomic E-state index is 11.0. The lowest BCUT2D eigenvalue weighted by Crippen LogP contribution is -2.39. The van der Waals surface area contributed by atoms with Gasteiger partial charge in [0.1, 0.15) is 0 Å². The SMILES string of the molecule is NC1CCN(c2ccccc2/C=C/C(=O)NO)CC1. The quantitative estimate of drug-likeness (QED) is 0.433. The molecule has 5 heteroatoms. The molecule has 5 nitrogen and oxygen atoms in total. The molecule has 1 aromatic carbocycles. The van der Waals surface area contributed by atoms with Gasteiger partial charge in [-0.05, 0) is 30.5 Å². The van der Waals surface area contributed by atoms with E-state index in [4.69, 9.17) is 10.9 Å². The molecule has 0 atom stereocenters. The van der Waals surface area contributed by atoms with Gasteiger partial charge in [0, 0.05) is 30.9 Å². The van der Waals surface area contributed by atoms with Gasteiger partial charge in [0.05, 0.1) is 0 Å². The number of carbonyl (C=O) groups excluding carboxylic acids is 1. The molecule has 0 aromatic heterocycles. The molecule has 0 spiro atoms. The van der Waals surface area contributed by atoms with Crippen LogP contribution in [0.5, 0.6) is 0 Å². The number of hydrogen-bond donors (Lipinski definition) is 3. The van der Waals surface area contributed by atoms with Crippen LogP contribution in [-0.2, 0) is 4.79 Å². The van der Waals surface area contributed by atoms with Crippen molar-refractivity contribution in [2.75, 3.05) is 18.0 Å². The van der Waals surface area contributed by atoms with Crippen LogP contribution in [0, 0.1) is 0 Å². The lowest BCUT2D eigenvalue weighted by molar-refractivity contribution is -0.124. The van der Waals surface area contributed by atoms with Gasteiger partial charge < -0.3 is 10.6 Å². The molecule has 1 amide bonds. The predicted octanol–water partition coefficient (Wildman–Crippen LogP) is 1.13. The first-order chi connectivity index (χ1) is 9.20. The minimum Gasteiger partial charge on any atom is -0.371 e. The van der Waals surface area contributed by atoms with Gasteiger partial charge in [0.25, 0.3) is 5.91 Å². The molecule has 0 unspecified atom stereocenters. The lowest BCUT2D eigenvalue weighted by atomic mass is 10.0. The van der Waals surface area contributed by atoms with Gasteiger partial charge in [-0.25, -0.2) is 5.48 Å². The van der Waals surface area contributed by atoms with Gasteiger partial charge in [-0.15, -0.1) is 0 Å². The van der Waals surface area contributed by atoms with Crippen LogP contribution in [-0.4, -0.2) is 30.2 Å². The van der Waals surface area contributed by atoms with Crippen molar-refractivity contribution in [3.63, 3.8) is 0 Å². The number of benzene rings is 1. The van der Waals surface area contributed by atoms with Crippen LogP contribution in [0.4, 0.5) is 5.69 Å². The van der Waals surface area contributed by atoms with Crippen LogP contribution in [0.3, 0.4) is 0 Å². The molecule has 1 heterocycles. The first kappa shape index (κ1) is 13.6. The average molecular weight is 261 g/mol. The molecule has 0 saturated carbocycles. The molecule has 0 aliphatic carbocycles. The number of para-hydroxylation sites is 1. The Bertz CT molecular complexity index is 466. The van der Waals surface area contributed by atoms with E-state index in [1.807, 2.05) is 24.3 Å². The molecule has 0 radical (unpaired) electrons. The average Bonchev–Trinajstić information content (AvgIpc) is 2.46. The Labute approximate surface area is 112 Å². The van der Waals surface area contributed by atoms with Crippen LogP contribution in [0.1, 0.15) is 18.4 Å². The molecule has 1 fully saturated rings. The molecule has 1 aromatic rings. The van der Waals surface area contributed by atoms with E-state index in [9.17, 15) is 4.79 Å². The topological polar surface area (TPSA) is 78.6 Å². The van der Waals surface area contributed by atoms with E-state index < -0.39 is 5.91 Å². The largest absolute Gasteiger partial charge is 0.371 e. The van der Waals surface area contributed by atoms with Crippen LogP contribution in [0.2, 0.25) is 0 Å². The molecular formula is C14H19N3O2. The fraction of sp³-hybridized carbons (Fsp3) is 0.357. The van der Waals surface area contributed by atoms with Crippen molar-refractivity contribution in [2.24, 2.45) is 5.73 Å². The number of nitrogens with two attached hydrogens (primary N) is 1. The summed E-state index contributed by atoms with van der Waals surface area (Å²) in [6, 6.07) is 8.18. The summed E-state index contributed by atoms with van der Waals surface area (Å²) >= 11 is 0. The number of carbonyl (C=O) groups is 1. The van der Waals surface area contributed by atoms with Crippen molar-refractivity contribution >= 4 is 17.7 Å². The highest BCUT2D eigenvalue weighted by molar-refractivity contribution is 5.91. The molecule has 4 N–H and O–H groups in total. The zero-order valence-corrected chi connectivity index (χ0v) is 10.7. The van der Waals surface area contributed by atoms with Crippen molar-refractivity contribution in [1.29, 1.82) is 0 Å². The third kappa shape index (κ3) is 3.56. The standard InChI is InChI=1S/C14H19N3O2/c15-12-7-9-17(10-8-12)13-4-2-1-3-11(13)5-6-14(18)16-19/h1-6,12,19H,7-10,15H2,(H,16,18)/b6-5+. The van der Waals surface area contributed by atoms with Crippen LogP contribution in [0.15, 0.2) is 30.3 Å². The molecule has 102 valence electrons. The van der Waals surface area contributed by atoms with Crippen molar-refractivity contribution < 1.29 is 10.0 Å². The minimum atomic E-state index is -0.532. The minimum absolute atomic E-state index is 0.291. The predicted molar refractivity (Wildman–Crippen MR) is 74.8 cm³/mol. The fourth-order valence-electron chi connectivity index (χ4n) is 2.26. The number of rotatable bonds is 3. The lowest BCUT2D eigenvalue weighted by Gasteiger charge is -2.33. The third-order valence-electron chi connectivity index (χ3n) is 3.34. The van der Waals surface area contributed by atoms with Gasteiger partial charge in [0.2, 0.25) is 0 Å². The number of amides is 1. The first-order valence-corrected chi connectivity index (χ1v) is 6.42. The molecule has 2 rings (SSSR count). The Hall–Kier alpha value is -1.85. The zero-order valence-electron chi connectivity index (χ0n) is 10.7. The summed E-state index contributed by atoms with van der Waals surface area (Å²) in [5.41, 5.74) is 9.55. The van der Waals surface area contributed by atoms with Gasteiger partial charge in [-0.3, -0.25) is 10.0 Å². The Morgan fingerprint density at radius 3 is 2.74 bits per heavy atom. The number of nitrogens with one attached hydrogen (secondary N) is 1. The van der Waals surface area contributed by atoms with Crippen molar-refractivity contribution in [3.05, 3.63) is 35.9 Å². The smallest absolute Gasteiger partial charge is 0.267 e. The molecule has 0 bridgehead atoms. The Balaban J connectivity index is 2.16. The summed E-state index contributed by atoms with van der Waals surface area (Å²) in [5.74, 6) is -0.532. The molecule has 1 saturated heterocycles. The second-order valence-electron chi connectivity index (χ2n) is 4.69. The Kier molecular flexibility index (Phi) is 4.54. The van der Waals surface area contributed by atoms with Crippen molar-refractivity contribution in [2.45, 2.75) is 18.9 Å². The number of nitrogens with zero attached hydrogens (tertiary/aromatic N) is 1. The first-order valence-electron chi connectivity index (χ1n) is 6.42. The van der Waals surface area contributed by atoms with E-state index in [1.165, 1.54) is 6.08 Å². The molecule has 1 aliphatic rings. The second kappa shape index (κ2) is 6.36. The highest BCUT2D eigenvalue weighted by Gasteiger charge is 2.17. The van der Waals surface area contributed by atoms with E-state index in [-0.39, 0.29) is 0 Å². The van der Waals surface area contributed by atoms with E-state index >= 15 is 0 Å². The normalized spacial score (nSPS) is 16.8. The molecule has 1 aliphatic heterocycles. The monoisotopic (exact) mass is 261 g/mol. The van der Waals surface area contributed by atoms with Gasteiger partial charge in [0.15, 0.2) is 0 Å². The summed E-state index contributed by atoms with van der Waals surface area (Å²) < 4.78 is 0. The van der Waals surface area contributed by atoms with E-state index in [0.29, 0.717) is 6.04 Å². The number of hydrogen-bond acceptors (Lipinski definition) is 4. The second-order valence-corrected chi connectivity index (χ2v) is 4.69. The van der Waals surface area contributed by atoms with Crippen LogP contribution >= 0.6 is 0 Å². The Morgan fingerprint density at radius 1 is 1.37 bits per heavy atom. The maximum Gasteiger partial charge on any atom is 0.267 e. The highest BCUT2D eigenvalue weighted by atomic mass is 16.5. The fourth-order valence-corrected chi connectivity index (χ4v) is 2.26. The third-order valence-corrected chi connectivity index (χ3v) is 3.34. The summed E-state index contributed by atoms with van der Waals surface area (Å²) in [7, 11) is 0. The van der Waals surface area contributed by atoms with Crippen LogP contribution < -0.4 is 16.1 Å². The highest BCUT2D eigenvalue weighted by Crippen LogP contribution is 2.24. The van der Waals surface area contributed by atoms with Gasteiger partial charge >= 0.3 is 0 Å². The van der Waals surface area contributed by atoms with Gasteiger partial charge in [-0.1, -0.05) is 18.2 Å². The van der Waals surface area contributed by atoms with Crippen LogP contribution in [0.25, 0.3) is 6.08 Å². The summed E-state index contributed by atoms with van der Waals surface area (Å²) in [5, 5.41) is 8.48. The van der Waals surface area contributed by atoms with Crippen molar-refractivity contribution in [3.8, 4) is 0 Å². The zero-order chi connectivity index (χ0) is 13.7. The van der Waals surface area contributed by atoms with Crippen molar-refractivity contribution in [1.82, 2.24) is 5.48 Å². The summed E-state index contributed by atoms with van der Waals surface area (Å²) in [6.07, 6.45) is 4.98. The summed E-state index contributed by atoms with van der Waals surface area (Å²) in [4.78, 5) is 13.3. The Morgan fingerprint density at radius 2 is 2.05 bits per heavy atom. The molecule has 19 heavy (non-hydrogen) atoms. The van der Waals surface area contributed by atoms with Gasteiger partial charge in [-0.2, -0.15) is 0 Å².